The van der Waals surface area contributed by atoms with E-state index in [4.69, 9.17) is 5.73 Å². The number of rotatable bonds is 2. The van der Waals surface area contributed by atoms with Crippen LogP contribution in [0.25, 0.3) is 0 Å². The number of hydrogen-bond acceptors (Lipinski definition) is 1. The van der Waals surface area contributed by atoms with Crippen molar-refractivity contribution in [3.8, 4) is 0 Å². The number of hydrogen-bond donors (Lipinski definition) is 1. The van der Waals surface area contributed by atoms with Crippen molar-refractivity contribution >= 4 is 0 Å². The molecule has 1 nitrogen and oxygen atoms in total. The Kier molecular flexibility index (Phi) is 3.17. The molecule has 0 heterocycles. The first-order valence-electron chi connectivity index (χ1n) is 5.47. The molecule has 15 heavy (non-hydrogen) atoms. The molecule has 1 unspecified atom stereocenters. The maximum atomic E-state index is 13.0. The average Bonchev–Trinajstić information content (AvgIpc) is 2.29. The molecule has 1 atom stereocenters. The van der Waals surface area contributed by atoms with Gasteiger partial charge in [0.05, 0.1) is 6.04 Å². The Morgan fingerprint density at radius 2 is 2.13 bits per heavy atom. The zero-order chi connectivity index (χ0) is 10.7. The zero-order valence-electron chi connectivity index (χ0n) is 8.75. The highest BCUT2D eigenvalue weighted by atomic mass is 19.1. The van der Waals surface area contributed by atoms with Crippen molar-refractivity contribution in [2.24, 2.45) is 5.73 Å². The van der Waals surface area contributed by atoms with Crippen molar-refractivity contribution in [2.75, 3.05) is 0 Å². The second-order valence-electron chi connectivity index (χ2n) is 4.06. The van der Waals surface area contributed by atoms with Gasteiger partial charge in [0.15, 0.2) is 0 Å². The molecule has 0 aliphatic heterocycles. The molecule has 1 aliphatic rings. The van der Waals surface area contributed by atoms with E-state index in [2.05, 4.69) is 6.08 Å². The normalized spacial score (nSPS) is 18.4. The number of allylic oxidation sites excluding steroid dienone is 1. The molecule has 0 radical (unpaired) electrons. The molecule has 0 amide bonds. The van der Waals surface area contributed by atoms with Gasteiger partial charge in [-0.05, 0) is 43.4 Å². The van der Waals surface area contributed by atoms with Crippen LogP contribution in [0.15, 0.2) is 35.9 Å². The standard InChI is InChI=1S/C13H16FN/c14-12-8-4-7-11(9-12)13(15)10-5-2-1-3-6-10/h4-5,7-9,13H,1-3,6,15H2. The minimum Gasteiger partial charge on any atom is -0.321 e. The average molecular weight is 205 g/mol. The third-order valence-electron chi connectivity index (χ3n) is 2.93. The Bertz CT molecular complexity index is 371. The van der Waals surface area contributed by atoms with Crippen molar-refractivity contribution in [1.29, 1.82) is 0 Å². The van der Waals surface area contributed by atoms with Crippen LogP contribution in [0.5, 0.6) is 0 Å². The first-order valence-corrected chi connectivity index (χ1v) is 5.47. The molecule has 2 rings (SSSR count). The summed E-state index contributed by atoms with van der Waals surface area (Å²) in [6.07, 6.45) is 6.82. The fraction of sp³-hybridized carbons (Fsp3) is 0.385. The van der Waals surface area contributed by atoms with Crippen LogP contribution >= 0.6 is 0 Å². The van der Waals surface area contributed by atoms with Crippen molar-refractivity contribution in [3.05, 3.63) is 47.3 Å². The van der Waals surface area contributed by atoms with Crippen LogP contribution in [0, 0.1) is 5.82 Å². The molecule has 0 fully saturated rings. The lowest BCUT2D eigenvalue weighted by Gasteiger charge is -2.19. The highest BCUT2D eigenvalue weighted by molar-refractivity contribution is 5.28. The topological polar surface area (TPSA) is 26.0 Å². The maximum Gasteiger partial charge on any atom is 0.123 e. The van der Waals surface area contributed by atoms with Crippen LogP contribution in [0.3, 0.4) is 0 Å². The molecule has 0 aromatic heterocycles. The Labute approximate surface area is 89.8 Å². The molecule has 80 valence electrons. The molecular formula is C13H16FN. The predicted molar refractivity (Wildman–Crippen MR) is 59.9 cm³/mol. The first kappa shape index (κ1) is 10.4. The molecule has 1 aliphatic carbocycles. The SMILES string of the molecule is NC(C1=CCCCC1)c1cccc(F)c1. The number of benzene rings is 1. The summed E-state index contributed by atoms with van der Waals surface area (Å²) >= 11 is 0. The molecule has 2 heteroatoms. The van der Waals surface area contributed by atoms with E-state index in [-0.39, 0.29) is 11.9 Å². The van der Waals surface area contributed by atoms with E-state index in [1.54, 1.807) is 6.07 Å². The van der Waals surface area contributed by atoms with Crippen molar-refractivity contribution in [1.82, 2.24) is 0 Å². The van der Waals surface area contributed by atoms with Gasteiger partial charge in [-0.1, -0.05) is 23.8 Å². The van der Waals surface area contributed by atoms with Crippen LogP contribution in [0.4, 0.5) is 4.39 Å². The highest BCUT2D eigenvalue weighted by Crippen LogP contribution is 2.28. The van der Waals surface area contributed by atoms with Gasteiger partial charge in [-0.2, -0.15) is 0 Å². The van der Waals surface area contributed by atoms with Gasteiger partial charge in [0.1, 0.15) is 5.82 Å². The molecule has 0 spiro atoms. The third-order valence-corrected chi connectivity index (χ3v) is 2.93. The zero-order valence-corrected chi connectivity index (χ0v) is 8.75. The molecule has 2 N–H and O–H groups in total. The Hall–Kier alpha value is -1.15. The number of halogens is 1. The van der Waals surface area contributed by atoms with Crippen molar-refractivity contribution in [2.45, 2.75) is 31.7 Å². The smallest absolute Gasteiger partial charge is 0.123 e. The van der Waals surface area contributed by atoms with Crippen LogP contribution < -0.4 is 5.73 Å². The van der Waals surface area contributed by atoms with Crippen molar-refractivity contribution in [3.63, 3.8) is 0 Å². The minimum atomic E-state index is -0.209. The second-order valence-corrected chi connectivity index (χ2v) is 4.06. The summed E-state index contributed by atoms with van der Waals surface area (Å²) in [4.78, 5) is 0. The van der Waals surface area contributed by atoms with E-state index in [1.165, 1.54) is 30.5 Å². The van der Waals surface area contributed by atoms with Crippen LogP contribution in [-0.2, 0) is 0 Å². The van der Waals surface area contributed by atoms with Gasteiger partial charge < -0.3 is 5.73 Å². The Morgan fingerprint density at radius 1 is 1.27 bits per heavy atom. The van der Waals surface area contributed by atoms with Crippen molar-refractivity contribution < 1.29 is 4.39 Å². The van der Waals surface area contributed by atoms with Crippen LogP contribution in [-0.4, -0.2) is 0 Å². The lowest BCUT2D eigenvalue weighted by atomic mass is 9.90. The minimum absolute atomic E-state index is 0.124. The predicted octanol–water partition coefficient (Wildman–Crippen LogP) is 3.33. The van der Waals surface area contributed by atoms with Gasteiger partial charge in [-0.25, -0.2) is 4.39 Å². The molecule has 0 bridgehead atoms. The summed E-state index contributed by atoms with van der Waals surface area (Å²) in [6.45, 7) is 0. The second kappa shape index (κ2) is 4.58. The van der Waals surface area contributed by atoms with Gasteiger partial charge in [0.25, 0.3) is 0 Å². The molecule has 0 saturated heterocycles. The van der Waals surface area contributed by atoms with E-state index in [0.717, 1.165) is 18.4 Å². The van der Waals surface area contributed by atoms with E-state index >= 15 is 0 Å². The van der Waals surface area contributed by atoms with Crippen LogP contribution in [0.2, 0.25) is 0 Å². The molecular weight excluding hydrogens is 189 g/mol. The fourth-order valence-electron chi connectivity index (χ4n) is 2.06. The lowest BCUT2D eigenvalue weighted by Crippen LogP contribution is -2.15. The van der Waals surface area contributed by atoms with Gasteiger partial charge >= 0.3 is 0 Å². The molecule has 1 aromatic carbocycles. The summed E-state index contributed by atoms with van der Waals surface area (Å²) in [5.74, 6) is -0.209. The Morgan fingerprint density at radius 3 is 2.80 bits per heavy atom. The molecule has 0 saturated carbocycles. The van der Waals surface area contributed by atoms with E-state index < -0.39 is 0 Å². The first-order chi connectivity index (χ1) is 7.27. The summed E-state index contributed by atoms with van der Waals surface area (Å²) in [5, 5.41) is 0. The van der Waals surface area contributed by atoms with E-state index in [0.29, 0.717) is 0 Å². The Balaban J connectivity index is 2.19. The third kappa shape index (κ3) is 2.45. The van der Waals surface area contributed by atoms with Crippen LogP contribution in [0.1, 0.15) is 37.3 Å². The van der Waals surface area contributed by atoms with Gasteiger partial charge in [0.2, 0.25) is 0 Å². The summed E-state index contributed by atoms with van der Waals surface area (Å²) in [5.41, 5.74) is 8.24. The van der Waals surface area contributed by atoms with E-state index in [9.17, 15) is 4.39 Å². The van der Waals surface area contributed by atoms with Gasteiger partial charge in [0, 0.05) is 0 Å². The summed E-state index contributed by atoms with van der Waals surface area (Å²) in [7, 11) is 0. The fourth-order valence-corrected chi connectivity index (χ4v) is 2.06. The monoisotopic (exact) mass is 205 g/mol. The molecule has 1 aromatic rings. The largest absolute Gasteiger partial charge is 0.321 e. The number of nitrogens with two attached hydrogens (primary N) is 1. The lowest BCUT2D eigenvalue weighted by molar-refractivity contribution is 0.616. The highest BCUT2D eigenvalue weighted by Gasteiger charge is 2.14. The maximum absolute atomic E-state index is 13.0. The summed E-state index contributed by atoms with van der Waals surface area (Å²) in [6, 6.07) is 6.46. The van der Waals surface area contributed by atoms with E-state index in [1.807, 2.05) is 6.07 Å². The quantitative estimate of drug-likeness (QED) is 0.736. The van der Waals surface area contributed by atoms with Gasteiger partial charge in [-0.15, -0.1) is 0 Å². The van der Waals surface area contributed by atoms with Gasteiger partial charge in [-0.3, -0.25) is 0 Å². The summed E-state index contributed by atoms with van der Waals surface area (Å²) < 4.78 is 13.0.